The summed E-state index contributed by atoms with van der Waals surface area (Å²) in [7, 11) is 0. The maximum Gasteiger partial charge on any atom is 0.318 e. The maximum atomic E-state index is 12.3. The lowest BCUT2D eigenvalue weighted by Crippen LogP contribution is -2.43. The van der Waals surface area contributed by atoms with Crippen LogP contribution in [0.25, 0.3) is 0 Å². The van der Waals surface area contributed by atoms with Gasteiger partial charge in [-0.3, -0.25) is 0 Å². The zero-order chi connectivity index (χ0) is 16.9. The molecule has 24 heavy (non-hydrogen) atoms. The number of aliphatic hydroxyl groups is 1. The van der Waals surface area contributed by atoms with Crippen LogP contribution >= 0.6 is 0 Å². The second-order valence-corrected chi connectivity index (χ2v) is 6.03. The topological polar surface area (TPSA) is 91.5 Å². The Morgan fingerprint density at radius 2 is 2.17 bits per heavy atom. The van der Waals surface area contributed by atoms with E-state index in [9.17, 15) is 4.79 Å². The minimum Gasteiger partial charge on any atom is -0.395 e. The highest BCUT2D eigenvalue weighted by Gasteiger charge is 2.33. The Kier molecular flexibility index (Phi) is 5.10. The average molecular weight is 330 g/mol. The number of rotatable bonds is 7. The average Bonchev–Trinajstić information content (AvgIpc) is 3.31. The van der Waals surface area contributed by atoms with Crippen molar-refractivity contribution in [3.8, 4) is 0 Å². The lowest BCUT2D eigenvalue weighted by atomic mass is 10.1. The molecule has 1 atom stereocenters. The van der Waals surface area contributed by atoms with Crippen LogP contribution in [0, 0.1) is 0 Å². The van der Waals surface area contributed by atoms with Crippen molar-refractivity contribution in [1.29, 1.82) is 0 Å². The van der Waals surface area contributed by atoms with E-state index in [0.29, 0.717) is 24.7 Å². The Balaban J connectivity index is 1.59. The van der Waals surface area contributed by atoms with Gasteiger partial charge in [0, 0.05) is 12.6 Å². The van der Waals surface area contributed by atoms with Crippen molar-refractivity contribution in [3.05, 3.63) is 47.6 Å². The predicted octanol–water partition coefficient (Wildman–Crippen LogP) is 1.89. The first-order valence-electron chi connectivity index (χ1n) is 8.21. The highest BCUT2D eigenvalue weighted by molar-refractivity contribution is 5.75. The second-order valence-electron chi connectivity index (χ2n) is 6.03. The Hall–Kier alpha value is -2.41. The summed E-state index contributed by atoms with van der Waals surface area (Å²) in [5.41, 5.74) is 1.09. The molecule has 1 saturated carbocycles. The Morgan fingerprint density at radius 1 is 1.42 bits per heavy atom. The molecule has 0 saturated heterocycles. The number of nitrogens with zero attached hydrogens (tertiary/aromatic N) is 3. The maximum absolute atomic E-state index is 12.3. The van der Waals surface area contributed by atoms with Crippen molar-refractivity contribution in [1.82, 2.24) is 20.4 Å². The molecule has 0 radical (unpaired) electrons. The van der Waals surface area contributed by atoms with E-state index in [0.717, 1.165) is 18.4 Å². The Bertz CT molecular complexity index is 669. The summed E-state index contributed by atoms with van der Waals surface area (Å²) < 4.78 is 5.27. The van der Waals surface area contributed by atoms with Crippen LogP contribution in [0.4, 0.5) is 4.79 Å². The van der Waals surface area contributed by atoms with Crippen molar-refractivity contribution >= 4 is 6.03 Å². The zero-order valence-electron chi connectivity index (χ0n) is 13.7. The summed E-state index contributed by atoms with van der Waals surface area (Å²) in [4.78, 5) is 18.3. The number of urea groups is 1. The van der Waals surface area contributed by atoms with Crippen LogP contribution in [-0.4, -0.2) is 45.4 Å². The van der Waals surface area contributed by atoms with Crippen LogP contribution in [0.2, 0.25) is 0 Å². The fourth-order valence-electron chi connectivity index (χ4n) is 2.56. The molecular weight excluding hydrogens is 308 g/mol. The molecular formula is C17H22N4O3. The first-order valence-corrected chi connectivity index (χ1v) is 8.21. The third-order valence-corrected chi connectivity index (χ3v) is 4.00. The van der Waals surface area contributed by atoms with Gasteiger partial charge in [0.2, 0.25) is 5.89 Å². The highest BCUT2D eigenvalue weighted by Crippen LogP contribution is 2.26. The normalized spacial score (nSPS) is 15.1. The van der Waals surface area contributed by atoms with Gasteiger partial charge in [-0.2, -0.15) is 4.98 Å². The molecule has 3 rings (SSSR count). The summed E-state index contributed by atoms with van der Waals surface area (Å²) in [6.07, 6.45) is 2.55. The Morgan fingerprint density at radius 3 is 2.83 bits per heavy atom. The molecule has 1 aromatic carbocycles. The molecule has 1 fully saturated rings. The lowest BCUT2D eigenvalue weighted by molar-refractivity contribution is 0.170. The zero-order valence-corrected chi connectivity index (χ0v) is 13.7. The number of hydrogen-bond donors (Lipinski definition) is 2. The molecule has 1 aliphatic rings. The van der Waals surface area contributed by atoms with Crippen molar-refractivity contribution in [2.75, 3.05) is 13.2 Å². The van der Waals surface area contributed by atoms with Gasteiger partial charge in [-0.15, -0.1) is 0 Å². The van der Waals surface area contributed by atoms with Crippen LogP contribution in [0.1, 0.15) is 43.1 Å². The molecule has 0 spiro atoms. The number of carbonyl (C=O) groups excluding carboxylic acids is 1. The van der Waals surface area contributed by atoms with Gasteiger partial charge < -0.3 is 19.8 Å². The quantitative estimate of drug-likeness (QED) is 0.809. The summed E-state index contributed by atoms with van der Waals surface area (Å²) in [6.45, 7) is 2.12. The van der Waals surface area contributed by atoms with Gasteiger partial charge >= 0.3 is 6.03 Å². The van der Waals surface area contributed by atoms with E-state index in [1.54, 1.807) is 4.90 Å². The summed E-state index contributed by atoms with van der Waals surface area (Å²) in [5, 5.41) is 15.9. The molecule has 1 heterocycles. The lowest BCUT2D eigenvalue weighted by Gasteiger charge is -2.23. The summed E-state index contributed by atoms with van der Waals surface area (Å²) in [6, 6.07) is 9.56. The van der Waals surface area contributed by atoms with E-state index >= 15 is 0 Å². The largest absolute Gasteiger partial charge is 0.395 e. The molecule has 0 aliphatic heterocycles. The van der Waals surface area contributed by atoms with Crippen LogP contribution in [0.3, 0.4) is 0 Å². The van der Waals surface area contributed by atoms with Gasteiger partial charge in [0.15, 0.2) is 5.82 Å². The predicted molar refractivity (Wildman–Crippen MR) is 87.3 cm³/mol. The number of hydrogen-bond acceptors (Lipinski definition) is 5. The molecule has 1 unspecified atom stereocenters. The van der Waals surface area contributed by atoms with Gasteiger partial charge in [0.25, 0.3) is 0 Å². The summed E-state index contributed by atoms with van der Waals surface area (Å²) in [5.74, 6) is 0.973. The molecule has 1 aliphatic carbocycles. The van der Waals surface area contributed by atoms with E-state index in [-0.39, 0.29) is 24.7 Å². The van der Waals surface area contributed by atoms with Crippen LogP contribution in [-0.2, 0) is 6.42 Å². The third-order valence-electron chi connectivity index (χ3n) is 4.00. The third kappa shape index (κ3) is 4.11. The molecule has 7 heteroatoms. The molecule has 128 valence electrons. The molecule has 1 aromatic heterocycles. The highest BCUT2D eigenvalue weighted by atomic mass is 16.5. The standard InChI is InChI=1S/C17H22N4O3/c1-12(18-17(23)21(9-10-22)14-7-8-14)16-19-15(24-20-16)11-13-5-3-2-4-6-13/h2-6,12,14,22H,7-11H2,1H3,(H,18,23). The number of aromatic nitrogens is 2. The minimum absolute atomic E-state index is 0.0399. The molecule has 2 N–H and O–H groups in total. The molecule has 2 amide bonds. The number of carbonyl (C=O) groups is 1. The SMILES string of the molecule is CC(NC(=O)N(CCO)C1CC1)c1noc(Cc2ccccc2)n1. The van der Waals surface area contributed by atoms with Gasteiger partial charge in [-0.1, -0.05) is 35.5 Å². The number of aliphatic hydroxyl groups excluding tert-OH is 1. The molecule has 7 nitrogen and oxygen atoms in total. The minimum atomic E-state index is -0.356. The number of benzene rings is 1. The van der Waals surface area contributed by atoms with Crippen molar-refractivity contribution in [2.24, 2.45) is 0 Å². The first-order chi connectivity index (χ1) is 11.7. The van der Waals surface area contributed by atoms with E-state index in [4.69, 9.17) is 9.63 Å². The van der Waals surface area contributed by atoms with E-state index in [1.807, 2.05) is 37.3 Å². The summed E-state index contributed by atoms with van der Waals surface area (Å²) >= 11 is 0. The van der Waals surface area contributed by atoms with E-state index < -0.39 is 0 Å². The number of amides is 2. The number of nitrogens with one attached hydrogen (secondary N) is 1. The van der Waals surface area contributed by atoms with Crippen LogP contribution in [0.15, 0.2) is 34.9 Å². The first kappa shape index (κ1) is 16.4. The smallest absolute Gasteiger partial charge is 0.318 e. The van der Waals surface area contributed by atoms with E-state index in [1.165, 1.54) is 0 Å². The van der Waals surface area contributed by atoms with Gasteiger partial charge in [-0.05, 0) is 25.3 Å². The van der Waals surface area contributed by atoms with Crippen molar-refractivity contribution < 1.29 is 14.4 Å². The van der Waals surface area contributed by atoms with Gasteiger partial charge in [0.05, 0.1) is 19.1 Å². The van der Waals surface area contributed by atoms with E-state index in [2.05, 4.69) is 15.5 Å². The van der Waals surface area contributed by atoms with Gasteiger partial charge in [-0.25, -0.2) is 4.79 Å². The monoisotopic (exact) mass is 330 g/mol. The van der Waals surface area contributed by atoms with Crippen molar-refractivity contribution in [3.63, 3.8) is 0 Å². The van der Waals surface area contributed by atoms with Crippen LogP contribution in [0.5, 0.6) is 0 Å². The fourth-order valence-corrected chi connectivity index (χ4v) is 2.56. The fraction of sp³-hybridized carbons (Fsp3) is 0.471. The molecule has 0 bridgehead atoms. The van der Waals surface area contributed by atoms with Crippen molar-refractivity contribution in [2.45, 2.75) is 38.3 Å². The molecule has 2 aromatic rings. The second kappa shape index (κ2) is 7.44. The van der Waals surface area contributed by atoms with Crippen LogP contribution < -0.4 is 5.32 Å². The van der Waals surface area contributed by atoms with Gasteiger partial charge in [0.1, 0.15) is 0 Å². The Labute approximate surface area is 140 Å².